The molecule has 0 saturated heterocycles. The molecule has 25 heavy (non-hydrogen) atoms. The van der Waals surface area contributed by atoms with Crippen LogP contribution >= 0.6 is 11.6 Å². The van der Waals surface area contributed by atoms with E-state index in [-0.39, 0.29) is 5.69 Å². The number of hydrogen-bond acceptors (Lipinski definition) is 5. The zero-order valence-electron chi connectivity index (χ0n) is 14.3. The van der Waals surface area contributed by atoms with E-state index >= 15 is 0 Å². The van der Waals surface area contributed by atoms with Crippen molar-refractivity contribution in [2.45, 2.75) is 26.8 Å². The molecular formula is C18H21ClN2O4. The summed E-state index contributed by atoms with van der Waals surface area (Å²) in [6.45, 7) is 5.51. The third kappa shape index (κ3) is 5.26. The first kappa shape index (κ1) is 18.9. The average Bonchev–Trinajstić information content (AvgIpc) is 2.60. The molecule has 0 aliphatic heterocycles. The average molecular weight is 365 g/mol. The first-order valence-corrected chi connectivity index (χ1v) is 8.49. The Morgan fingerprint density at radius 1 is 1.16 bits per heavy atom. The number of benzene rings is 2. The summed E-state index contributed by atoms with van der Waals surface area (Å²) in [5, 5.41) is 14.4. The van der Waals surface area contributed by atoms with E-state index in [1.807, 2.05) is 26.0 Å². The number of non-ortho nitro benzene ring substituents is 1. The van der Waals surface area contributed by atoms with Crippen LogP contribution in [0, 0.1) is 10.1 Å². The second kappa shape index (κ2) is 9.13. The van der Waals surface area contributed by atoms with Crippen LogP contribution in [0.15, 0.2) is 36.4 Å². The van der Waals surface area contributed by atoms with Gasteiger partial charge < -0.3 is 14.8 Å². The first-order chi connectivity index (χ1) is 12.0. The van der Waals surface area contributed by atoms with Crippen molar-refractivity contribution < 1.29 is 14.4 Å². The summed E-state index contributed by atoms with van der Waals surface area (Å²) in [4.78, 5) is 10.3. The highest BCUT2D eigenvalue weighted by Gasteiger charge is 2.12. The van der Waals surface area contributed by atoms with Crippen LogP contribution in [-0.4, -0.2) is 18.1 Å². The predicted molar refractivity (Wildman–Crippen MR) is 98.8 cm³/mol. The van der Waals surface area contributed by atoms with E-state index in [4.69, 9.17) is 21.1 Å². The fourth-order valence-corrected chi connectivity index (χ4v) is 2.52. The SMILES string of the molecule is CCCOc1c(Cl)cc(CNc2ccc([N+](=O)[O-])cc2)cc1OCC. The minimum atomic E-state index is -0.424. The number of nitro groups is 1. The molecule has 6 nitrogen and oxygen atoms in total. The summed E-state index contributed by atoms with van der Waals surface area (Å²) in [5.41, 5.74) is 1.77. The van der Waals surface area contributed by atoms with E-state index in [0.29, 0.717) is 36.3 Å². The Morgan fingerprint density at radius 2 is 1.88 bits per heavy atom. The molecule has 7 heteroatoms. The number of nitro benzene ring substituents is 1. The normalized spacial score (nSPS) is 10.4. The molecule has 2 rings (SSSR count). The van der Waals surface area contributed by atoms with Crippen molar-refractivity contribution in [3.05, 3.63) is 57.1 Å². The van der Waals surface area contributed by atoms with Crippen LogP contribution in [0.4, 0.5) is 11.4 Å². The van der Waals surface area contributed by atoms with E-state index in [1.54, 1.807) is 12.1 Å². The van der Waals surface area contributed by atoms with Gasteiger partial charge in [-0.1, -0.05) is 18.5 Å². The largest absolute Gasteiger partial charge is 0.490 e. The van der Waals surface area contributed by atoms with Gasteiger partial charge in [0.2, 0.25) is 0 Å². The van der Waals surface area contributed by atoms with Crippen LogP contribution in [0.3, 0.4) is 0 Å². The topological polar surface area (TPSA) is 73.6 Å². The third-order valence-electron chi connectivity index (χ3n) is 3.39. The minimum Gasteiger partial charge on any atom is -0.490 e. The molecule has 0 amide bonds. The number of halogens is 1. The van der Waals surface area contributed by atoms with Gasteiger partial charge in [-0.15, -0.1) is 0 Å². The highest BCUT2D eigenvalue weighted by atomic mass is 35.5. The van der Waals surface area contributed by atoms with E-state index in [9.17, 15) is 10.1 Å². The van der Waals surface area contributed by atoms with Gasteiger partial charge in [0.25, 0.3) is 5.69 Å². The Morgan fingerprint density at radius 3 is 2.48 bits per heavy atom. The third-order valence-corrected chi connectivity index (χ3v) is 3.68. The van der Waals surface area contributed by atoms with Crippen molar-refractivity contribution in [3.8, 4) is 11.5 Å². The lowest BCUT2D eigenvalue weighted by molar-refractivity contribution is -0.384. The Kier molecular flexibility index (Phi) is 6.89. The maximum atomic E-state index is 10.7. The highest BCUT2D eigenvalue weighted by molar-refractivity contribution is 6.32. The maximum Gasteiger partial charge on any atom is 0.269 e. The smallest absolute Gasteiger partial charge is 0.269 e. The van der Waals surface area contributed by atoms with Crippen molar-refractivity contribution in [1.29, 1.82) is 0 Å². The van der Waals surface area contributed by atoms with Gasteiger partial charge in [-0.05, 0) is 43.2 Å². The Labute approximate surface area is 151 Å². The van der Waals surface area contributed by atoms with Crippen molar-refractivity contribution in [3.63, 3.8) is 0 Å². The van der Waals surface area contributed by atoms with Crippen LogP contribution in [0.5, 0.6) is 11.5 Å². The highest BCUT2D eigenvalue weighted by Crippen LogP contribution is 2.37. The zero-order valence-corrected chi connectivity index (χ0v) is 15.0. The van der Waals surface area contributed by atoms with Crippen molar-refractivity contribution in [1.82, 2.24) is 0 Å². The van der Waals surface area contributed by atoms with E-state index in [1.165, 1.54) is 12.1 Å². The number of ether oxygens (including phenoxy) is 2. The Balaban J connectivity index is 2.12. The number of hydrogen-bond donors (Lipinski definition) is 1. The number of nitrogens with zero attached hydrogens (tertiary/aromatic N) is 1. The second-order valence-corrected chi connectivity index (χ2v) is 5.75. The molecule has 0 heterocycles. The Hall–Kier alpha value is -2.47. The molecule has 0 saturated carbocycles. The summed E-state index contributed by atoms with van der Waals surface area (Å²) in [5.74, 6) is 1.17. The summed E-state index contributed by atoms with van der Waals surface area (Å²) in [6.07, 6.45) is 0.880. The lowest BCUT2D eigenvalue weighted by Crippen LogP contribution is -2.04. The fraction of sp³-hybridized carbons (Fsp3) is 0.333. The van der Waals surface area contributed by atoms with Gasteiger partial charge in [0.05, 0.1) is 23.2 Å². The minimum absolute atomic E-state index is 0.0599. The lowest BCUT2D eigenvalue weighted by Gasteiger charge is -2.15. The molecule has 0 aliphatic carbocycles. The van der Waals surface area contributed by atoms with Crippen molar-refractivity contribution >= 4 is 23.0 Å². The fourth-order valence-electron chi connectivity index (χ4n) is 2.24. The lowest BCUT2D eigenvalue weighted by atomic mass is 10.2. The molecule has 2 aromatic rings. The molecule has 134 valence electrons. The Bertz CT molecular complexity index is 720. The molecule has 0 radical (unpaired) electrons. The van der Waals surface area contributed by atoms with Gasteiger partial charge in [0.15, 0.2) is 11.5 Å². The summed E-state index contributed by atoms with van der Waals surface area (Å²) < 4.78 is 11.3. The van der Waals surface area contributed by atoms with Gasteiger partial charge in [-0.25, -0.2) is 0 Å². The monoisotopic (exact) mass is 364 g/mol. The van der Waals surface area contributed by atoms with Gasteiger partial charge >= 0.3 is 0 Å². The van der Waals surface area contributed by atoms with Gasteiger partial charge in [-0.3, -0.25) is 10.1 Å². The van der Waals surface area contributed by atoms with Gasteiger partial charge in [0, 0.05) is 24.4 Å². The number of nitrogens with one attached hydrogen (secondary N) is 1. The molecule has 0 aromatic heterocycles. The van der Waals surface area contributed by atoms with Gasteiger partial charge in [-0.2, -0.15) is 0 Å². The molecular weight excluding hydrogens is 344 g/mol. The number of anilines is 1. The van der Waals surface area contributed by atoms with Crippen LogP contribution in [0.1, 0.15) is 25.8 Å². The van der Waals surface area contributed by atoms with Crippen LogP contribution in [-0.2, 0) is 6.54 Å². The molecule has 0 fully saturated rings. The molecule has 0 unspecified atom stereocenters. The summed E-state index contributed by atoms with van der Waals surface area (Å²) in [6, 6.07) is 9.97. The summed E-state index contributed by atoms with van der Waals surface area (Å²) >= 11 is 6.34. The van der Waals surface area contributed by atoms with E-state index < -0.39 is 4.92 Å². The quantitative estimate of drug-likeness (QED) is 0.498. The van der Waals surface area contributed by atoms with E-state index in [0.717, 1.165) is 17.7 Å². The van der Waals surface area contributed by atoms with E-state index in [2.05, 4.69) is 5.32 Å². The second-order valence-electron chi connectivity index (χ2n) is 5.34. The summed E-state index contributed by atoms with van der Waals surface area (Å²) in [7, 11) is 0. The van der Waals surface area contributed by atoms with Gasteiger partial charge in [0.1, 0.15) is 0 Å². The standard InChI is InChI=1S/C18H21ClN2O4/c1-3-9-25-18-16(19)10-13(11-17(18)24-4-2)12-20-14-5-7-15(8-6-14)21(22)23/h5-8,10-11,20H,3-4,9,12H2,1-2H3. The van der Waals surface area contributed by atoms with Crippen LogP contribution in [0.2, 0.25) is 5.02 Å². The van der Waals surface area contributed by atoms with Crippen molar-refractivity contribution in [2.24, 2.45) is 0 Å². The molecule has 0 atom stereocenters. The number of rotatable bonds is 9. The van der Waals surface area contributed by atoms with Crippen LogP contribution in [0.25, 0.3) is 0 Å². The first-order valence-electron chi connectivity index (χ1n) is 8.11. The molecule has 2 aromatic carbocycles. The zero-order chi connectivity index (χ0) is 18.2. The maximum absolute atomic E-state index is 10.7. The molecule has 0 spiro atoms. The van der Waals surface area contributed by atoms with Crippen molar-refractivity contribution in [2.75, 3.05) is 18.5 Å². The molecule has 0 aliphatic rings. The molecule has 0 bridgehead atoms. The molecule has 1 N–H and O–H groups in total. The predicted octanol–water partition coefficient (Wildman–Crippen LogP) is 5.05. The van der Waals surface area contributed by atoms with Crippen LogP contribution < -0.4 is 14.8 Å².